The molecular weight excluding hydrogens is 209 g/mol. The van der Waals surface area contributed by atoms with Crippen LogP contribution in [0, 0.1) is 5.41 Å². The second kappa shape index (κ2) is 4.77. The van der Waals surface area contributed by atoms with Crippen molar-refractivity contribution in [2.24, 2.45) is 5.41 Å². The van der Waals surface area contributed by atoms with E-state index in [0.29, 0.717) is 6.42 Å². The number of rotatable bonds is 5. The van der Waals surface area contributed by atoms with Crippen molar-refractivity contribution in [3.63, 3.8) is 0 Å². The molecule has 0 aromatic rings. The highest BCUT2D eigenvalue weighted by Gasteiger charge is 2.52. The lowest BCUT2D eigenvalue weighted by molar-refractivity contribution is -0.210. The van der Waals surface area contributed by atoms with E-state index in [-0.39, 0.29) is 6.42 Å². The molecule has 0 amide bonds. The van der Waals surface area contributed by atoms with Gasteiger partial charge in [0.25, 0.3) is 0 Å². The maximum Gasteiger partial charge on any atom is 0.400 e. The van der Waals surface area contributed by atoms with E-state index in [4.69, 9.17) is 0 Å². The van der Waals surface area contributed by atoms with Crippen molar-refractivity contribution in [1.29, 1.82) is 0 Å². The summed E-state index contributed by atoms with van der Waals surface area (Å²) in [6.45, 7) is 3.33. The molecule has 0 aliphatic heterocycles. The Bertz CT molecular complexity index is 254. The average molecular weight is 224 g/mol. The number of ketones is 2. The van der Waals surface area contributed by atoms with Gasteiger partial charge in [-0.15, -0.1) is 0 Å². The molecule has 2 nitrogen and oxygen atoms in total. The minimum Gasteiger partial charge on any atom is -0.299 e. The third kappa shape index (κ3) is 3.64. The maximum absolute atomic E-state index is 12.4. The molecular formula is C10H15F3O2. The Morgan fingerprint density at radius 2 is 1.60 bits per heavy atom. The predicted molar refractivity (Wildman–Crippen MR) is 49.4 cm³/mol. The third-order valence-corrected chi connectivity index (χ3v) is 2.29. The fraction of sp³-hybridized carbons (Fsp3) is 0.800. The van der Waals surface area contributed by atoms with Crippen LogP contribution in [0.15, 0.2) is 0 Å². The Morgan fingerprint density at radius 3 is 1.93 bits per heavy atom. The van der Waals surface area contributed by atoms with Crippen molar-refractivity contribution in [3.05, 3.63) is 0 Å². The van der Waals surface area contributed by atoms with Crippen molar-refractivity contribution >= 4 is 11.6 Å². The number of halogens is 3. The highest BCUT2D eigenvalue weighted by atomic mass is 19.4. The summed E-state index contributed by atoms with van der Waals surface area (Å²) in [5, 5.41) is 0. The lowest BCUT2D eigenvalue weighted by atomic mass is 9.84. The highest BCUT2D eigenvalue weighted by molar-refractivity contribution is 6.01. The first-order valence-corrected chi connectivity index (χ1v) is 4.74. The molecule has 0 heterocycles. The fourth-order valence-corrected chi connectivity index (χ4v) is 0.925. The van der Waals surface area contributed by atoms with Gasteiger partial charge in [-0.2, -0.15) is 13.2 Å². The molecule has 0 radical (unpaired) electrons. The minimum absolute atomic E-state index is 0.152. The summed E-state index contributed by atoms with van der Waals surface area (Å²) in [6, 6.07) is 0. The van der Waals surface area contributed by atoms with Gasteiger partial charge in [0.1, 0.15) is 11.2 Å². The van der Waals surface area contributed by atoms with Crippen molar-refractivity contribution in [2.45, 2.75) is 46.2 Å². The highest BCUT2D eigenvalue weighted by Crippen LogP contribution is 2.39. The summed E-state index contributed by atoms with van der Waals surface area (Å²) in [6.07, 6.45) is -4.53. The molecule has 0 aromatic carbocycles. The zero-order valence-corrected chi connectivity index (χ0v) is 9.07. The fourth-order valence-electron chi connectivity index (χ4n) is 0.925. The second-order valence-corrected chi connectivity index (χ2v) is 4.01. The van der Waals surface area contributed by atoms with Crippen LogP contribution in [-0.2, 0) is 9.59 Å². The van der Waals surface area contributed by atoms with Gasteiger partial charge in [-0.1, -0.05) is 6.92 Å². The molecule has 0 rings (SSSR count). The molecule has 0 saturated heterocycles. The summed E-state index contributed by atoms with van der Waals surface area (Å²) in [7, 11) is 0. The van der Waals surface area contributed by atoms with E-state index in [1.165, 1.54) is 0 Å². The van der Waals surface area contributed by atoms with E-state index in [1.807, 2.05) is 0 Å². The number of hydrogen-bond acceptors (Lipinski definition) is 2. The summed E-state index contributed by atoms with van der Waals surface area (Å²) < 4.78 is 37.2. The Morgan fingerprint density at radius 1 is 1.13 bits per heavy atom. The van der Waals surface area contributed by atoms with Crippen LogP contribution >= 0.6 is 0 Å². The van der Waals surface area contributed by atoms with Gasteiger partial charge in [0.05, 0.1) is 6.42 Å². The van der Waals surface area contributed by atoms with Crippen LogP contribution in [0.2, 0.25) is 0 Å². The first kappa shape index (κ1) is 14.1. The van der Waals surface area contributed by atoms with Gasteiger partial charge in [0, 0.05) is 6.42 Å². The van der Waals surface area contributed by atoms with E-state index in [9.17, 15) is 22.8 Å². The van der Waals surface area contributed by atoms with Crippen LogP contribution in [-0.4, -0.2) is 17.7 Å². The van der Waals surface area contributed by atoms with Gasteiger partial charge in [-0.05, 0) is 20.3 Å². The second-order valence-electron chi connectivity index (χ2n) is 4.01. The van der Waals surface area contributed by atoms with Crippen molar-refractivity contribution in [2.75, 3.05) is 0 Å². The summed E-state index contributed by atoms with van der Waals surface area (Å²) in [5.41, 5.74) is -2.43. The topological polar surface area (TPSA) is 34.1 Å². The first-order chi connectivity index (χ1) is 6.63. The molecule has 0 aliphatic rings. The van der Waals surface area contributed by atoms with Crippen molar-refractivity contribution < 1.29 is 22.8 Å². The summed E-state index contributed by atoms with van der Waals surface area (Å²) >= 11 is 0. The van der Waals surface area contributed by atoms with Crippen molar-refractivity contribution in [3.8, 4) is 0 Å². The quantitative estimate of drug-likeness (QED) is 0.673. The van der Waals surface area contributed by atoms with Gasteiger partial charge in [-0.3, -0.25) is 9.59 Å². The van der Waals surface area contributed by atoms with Crippen LogP contribution in [0.5, 0.6) is 0 Å². The third-order valence-electron chi connectivity index (χ3n) is 2.29. The molecule has 0 aromatic heterocycles. The zero-order chi connectivity index (χ0) is 12.3. The van der Waals surface area contributed by atoms with Gasteiger partial charge in [0.15, 0.2) is 5.78 Å². The van der Waals surface area contributed by atoms with E-state index in [2.05, 4.69) is 0 Å². The van der Waals surface area contributed by atoms with Crippen LogP contribution in [0.25, 0.3) is 0 Å². The molecule has 0 N–H and O–H groups in total. The molecule has 15 heavy (non-hydrogen) atoms. The monoisotopic (exact) mass is 224 g/mol. The van der Waals surface area contributed by atoms with Crippen LogP contribution in [0.4, 0.5) is 13.2 Å². The van der Waals surface area contributed by atoms with Crippen molar-refractivity contribution in [1.82, 2.24) is 0 Å². The van der Waals surface area contributed by atoms with Gasteiger partial charge in [-0.25, -0.2) is 0 Å². The summed E-state index contributed by atoms with van der Waals surface area (Å²) in [4.78, 5) is 22.3. The SMILES string of the molecule is CCCC(=O)CC(=O)C(C)(C)C(F)(F)F. The first-order valence-electron chi connectivity index (χ1n) is 4.74. The van der Waals surface area contributed by atoms with Gasteiger partial charge >= 0.3 is 6.18 Å². The Balaban J connectivity index is 4.52. The van der Waals surface area contributed by atoms with Crippen LogP contribution in [0.1, 0.15) is 40.0 Å². The largest absolute Gasteiger partial charge is 0.400 e. The molecule has 0 aliphatic carbocycles. The zero-order valence-electron chi connectivity index (χ0n) is 9.07. The molecule has 0 unspecified atom stereocenters. The normalized spacial score (nSPS) is 12.7. The Labute approximate surface area is 86.8 Å². The predicted octanol–water partition coefficient (Wildman–Crippen LogP) is 2.90. The van der Waals surface area contributed by atoms with Gasteiger partial charge in [0.2, 0.25) is 0 Å². The number of carbonyl (C=O) groups excluding carboxylic acids is 2. The Kier molecular flexibility index (Phi) is 4.49. The van der Waals surface area contributed by atoms with E-state index in [1.54, 1.807) is 6.92 Å². The molecule has 88 valence electrons. The van der Waals surface area contributed by atoms with E-state index in [0.717, 1.165) is 13.8 Å². The molecule has 0 bridgehead atoms. The number of alkyl halides is 3. The number of hydrogen-bond donors (Lipinski definition) is 0. The minimum atomic E-state index is -4.60. The molecule has 0 saturated carbocycles. The van der Waals surface area contributed by atoms with E-state index < -0.39 is 29.6 Å². The van der Waals surface area contributed by atoms with Crippen LogP contribution in [0.3, 0.4) is 0 Å². The smallest absolute Gasteiger partial charge is 0.299 e. The van der Waals surface area contributed by atoms with Gasteiger partial charge < -0.3 is 0 Å². The standard InChI is InChI=1S/C10H15F3O2/c1-4-5-7(14)6-8(15)9(2,3)10(11,12)13/h4-6H2,1-3H3. The average Bonchev–Trinajstić information content (AvgIpc) is 2.02. The molecule has 0 atom stereocenters. The lowest BCUT2D eigenvalue weighted by Crippen LogP contribution is -2.40. The molecule has 5 heteroatoms. The maximum atomic E-state index is 12.4. The molecule has 0 spiro atoms. The Hall–Kier alpha value is -0.870. The number of Topliss-reactive ketones (excluding diaryl/α,β-unsaturated/α-hetero) is 2. The lowest BCUT2D eigenvalue weighted by Gasteiger charge is -2.25. The number of carbonyl (C=O) groups is 2. The summed E-state index contributed by atoms with van der Waals surface area (Å²) in [5.74, 6) is -1.49. The van der Waals surface area contributed by atoms with E-state index >= 15 is 0 Å². The van der Waals surface area contributed by atoms with Crippen LogP contribution < -0.4 is 0 Å². The molecule has 0 fully saturated rings.